The van der Waals surface area contributed by atoms with E-state index in [4.69, 9.17) is 0 Å². The van der Waals surface area contributed by atoms with Crippen LogP contribution < -0.4 is 5.32 Å². The van der Waals surface area contributed by atoms with Gasteiger partial charge in [-0.05, 0) is 6.92 Å². The minimum absolute atomic E-state index is 0.0481. The Morgan fingerprint density at radius 1 is 1.62 bits per heavy atom. The van der Waals surface area contributed by atoms with Crippen molar-refractivity contribution in [3.05, 3.63) is 0 Å². The van der Waals surface area contributed by atoms with E-state index >= 15 is 0 Å². The zero-order valence-corrected chi connectivity index (χ0v) is 7.83. The van der Waals surface area contributed by atoms with Crippen molar-refractivity contribution < 1.29 is 9.59 Å². The largest absolute Gasteiger partial charge is 0.351 e. The van der Waals surface area contributed by atoms with Crippen LogP contribution in [0.5, 0.6) is 0 Å². The fourth-order valence-corrected chi connectivity index (χ4v) is 1.10. The third-order valence-electron chi connectivity index (χ3n) is 1.81. The molecule has 0 spiro atoms. The highest BCUT2D eigenvalue weighted by Crippen LogP contribution is 2.06. The van der Waals surface area contributed by atoms with E-state index < -0.39 is 0 Å². The molecule has 0 saturated heterocycles. The molecule has 1 rings (SSSR count). The first-order valence-electron chi connectivity index (χ1n) is 4.27. The lowest BCUT2D eigenvalue weighted by Gasteiger charge is -2.18. The van der Waals surface area contributed by atoms with Gasteiger partial charge < -0.3 is 5.32 Å². The summed E-state index contributed by atoms with van der Waals surface area (Å²) in [4.78, 5) is 22.3. The first-order valence-corrected chi connectivity index (χ1v) is 4.27. The lowest BCUT2D eigenvalue weighted by molar-refractivity contribution is -0.130. The summed E-state index contributed by atoms with van der Waals surface area (Å²) < 4.78 is 0. The van der Waals surface area contributed by atoms with Crippen molar-refractivity contribution in [1.29, 1.82) is 0 Å². The van der Waals surface area contributed by atoms with Crippen molar-refractivity contribution in [2.75, 3.05) is 13.6 Å². The molecule has 1 heterocycles. The minimum Gasteiger partial charge on any atom is -0.351 e. The zero-order chi connectivity index (χ0) is 9.84. The van der Waals surface area contributed by atoms with Crippen LogP contribution in [0.4, 0.5) is 0 Å². The van der Waals surface area contributed by atoms with Crippen molar-refractivity contribution in [2.24, 2.45) is 5.10 Å². The lowest BCUT2D eigenvalue weighted by Crippen LogP contribution is -2.37. The van der Waals surface area contributed by atoms with Gasteiger partial charge in [-0.3, -0.25) is 9.59 Å². The third kappa shape index (κ3) is 2.27. The first-order chi connectivity index (χ1) is 6.15. The molecule has 0 unspecified atom stereocenters. The van der Waals surface area contributed by atoms with Crippen molar-refractivity contribution >= 4 is 17.5 Å². The number of hydrogen-bond acceptors (Lipinski definition) is 3. The Balaban J connectivity index is 2.66. The van der Waals surface area contributed by atoms with E-state index in [0.717, 1.165) is 0 Å². The van der Waals surface area contributed by atoms with Gasteiger partial charge in [-0.2, -0.15) is 5.10 Å². The zero-order valence-electron chi connectivity index (χ0n) is 7.83. The second-order valence-electron chi connectivity index (χ2n) is 2.82. The summed E-state index contributed by atoms with van der Waals surface area (Å²) in [5, 5.41) is 7.73. The molecule has 13 heavy (non-hydrogen) atoms. The Kier molecular flexibility index (Phi) is 3.00. The number of carbonyl (C=O) groups is 2. The van der Waals surface area contributed by atoms with Crippen LogP contribution in [0.15, 0.2) is 5.10 Å². The van der Waals surface area contributed by atoms with Crippen molar-refractivity contribution in [3.8, 4) is 0 Å². The Morgan fingerprint density at radius 2 is 2.31 bits per heavy atom. The Morgan fingerprint density at radius 3 is 2.85 bits per heavy atom. The predicted octanol–water partition coefficient (Wildman–Crippen LogP) is -0.269. The summed E-state index contributed by atoms with van der Waals surface area (Å²) in [7, 11) is 1.56. The molecule has 0 radical (unpaired) electrons. The molecule has 0 aromatic rings. The van der Waals surface area contributed by atoms with Crippen molar-refractivity contribution in [1.82, 2.24) is 10.3 Å². The van der Waals surface area contributed by atoms with Crippen LogP contribution in [0.3, 0.4) is 0 Å². The van der Waals surface area contributed by atoms with Gasteiger partial charge in [-0.15, -0.1) is 0 Å². The summed E-state index contributed by atoms with van der Waals surface area (Å²) in [6, 6.07) is 0. The quantitative estimate of drug-likeness (QED) is 0.640. The minimum atomic E-state index is -0.179. The van der Waals surface area contributed by atoms with Crippen LogP contribution in [0, 0.1) is 0 Å². The SMILES string of the molecule is CCNC(=O)C1=NN(C)C(=O)CC1. The Labute approximate surface area is 76.8 Å². The van der Waals surface area contributed by atoms with Gasteiger partial charge in [-0.25, -0.2) is 5.01 Å². The molecule has 1 aliphatic rings. The van der Waals surface area contributed by atoms with Crippen molar-refractivity contribution in [3.63, 3.8) is 0 Å². The third-order valence-corrected chi connectivity index (χ3v) is 1.81. The lowest BCUT2D eigenvalue weighted by atomic mass is 10.1. The fraction of sp³-hybridized carbons (Fsp3) is 0.625. The van der Waals surface area contributed by atoms with Crippen molar-refractivity contribution in [2.45, 2.75) is 19.8 Å². The number of carbonyl (C=O) groups excluding carboxylic acids is 2. The normalized spacial score (nSPS) is 16.9. The molecular formula is C8H13N3O2. The maximum atomic E-state index is 11.3. The van der Waals surface area contributed by atoms with Crippen LogP contribution in [-0.2, 0) is 9.59 Å². The smallest absolute Gasteiger partial charge is 0.267 e. The average Bonchev–Trinajstić information content (AvgIpc) is 2.10. The number of hydrazone groups is 1. The maximum Gasteiger partial charge on any atom is 0.267 e. The second kappa shape index (κ2) is 4.02. The number of nitrogens with one attached hydrogen (secondary N) is 1. The molecule has 72 valence electrons. The number of hydrogen-bond donors (Lipinski definition) is 1. The van der Waals surface area contributed by atoms with Gasteiger partial charge in [0.2, 0.25) is 5.91 Å². The van der Waals surface area contributed by atoms with Gasteiger partial charge in [-0.1, -0.05) is 0 Å². The summed E-state index contributed by atoms with van der Waals surface area (Å²) >= 11 is 0. The summed E-state index contributed by atoms with van der Waals surface area (Å²) in [5.41, 5.74) is 0.434. The second-order valence-corrected chi connectivity index (χ2v) is 2.82. The molecular weight excluding hydrogens is 170 g/mol. The summed E-state index contributed by atoms with van der Waals surface area (Å²) in [6.45, 7) is 2.42. The van der Waals surface area contributed by atoms with E-state index in [0.29, 0.717) is 25.1 Å². The highest BCUT2D eigenvalue weighted by atomic mass is 16.2. The van der Waals surface area contributed by atoms with Gasteiger partial charge in [0.1, 0.15) is 5.71 Å². The highest BCUT2D eigenvalue weighted by molar-refractivity contribution is 6.39. The average molecular weight is 183 g/mol. The highest BCUT2D eigenvalue weighted by Gasteiger charge is 2.20. The van der Waals surface area contributed by atoms with Gasteiger partial charge >= 0.3 is 0 Å². The monoisotopic (exact) mass is 183 g/mol. The first kappa shape index (κ1) is 9.70. The molecule has 0 aromatic carbocycles. The standard InChI is InChI=1S/C8H13N3O2/c1-3-9-8(13)6-4-5-7(12)11(2)10-6/h3-5H2,1-2H3,(H,9,13). The van der Waals surface area contributed by atoms with Crippen LogP contribution in [-0.4, -0.2) is 36.1 Å². The molecule has 0 fully saturated rings. The molecule has 0 saturated carbocycles. The van der Waals surface area contributed by atoms with Crippen LogP contribution >= 0.6 is 0 Å². The maximum absolute atomic E-state index is 11.3. The topological polar surface area (TPSA) is 61.8 Å². The van der Waals surface area contributed by atoms with Crippen LogP contribution in [0.25, 0.3) is 0 Å². The molecule has 0 aromatic heterocycles. The Hall–Kier alpha value is -1.39. The molecule has 0 bridgehead atoms. The van der Waals surface area contributed by atoms with E-state index in [-0.39, 0.29) is 11.8 Å². The summed E-state index contributed by atoms with van der Waals surface area (Å²) in [6.07, 6.45) is 0.807. The van der Waals surface area contributed by atoms with Crippen LogP contribution in [0.2, 0.25) is 0 Å². The number of nitrogens with zero attached hydrogens (tertiary/aromatic N) is 2. The van der Waals surface area contributed by atoms with E-state index in [2.05, 4.69) is 10.4 Å². The van der Waals surface area contributed by atoms with Gasteiger partial charge in [0.25, 0.3) is 5.91 Å². The number of rotatable bonds is 2. The molecule has 0 atom stereocenters. The van der Waals surface area contributed by atoms with Crippen LogP contribution in [0.1, 0.15) is 19.8 Å². The molecule has 2 amide bonds. The van der Waals surface area contributed by atoms with E-state index in [1.807, 2.05) is 6.92 Å². The van der Waals surface area contributed by atoms with E-state index in [9.17, 15) is 9.59 Å². The van der Waals surface area contributed by atoms with Gasteiger partial charge in [0.05, 0.1) is 0 Å². The van der Waals surface area contributed by atoms with E-state index in [1.54, 1.807) is 7.05 Å². The summed E-state index contributed by atoms with van der Waals surface area (Å²) in [5.74, 6) is -0.227. The molecule has 0 aliphatic carbocycles. The molecule has 1 aliphatic heterocycles. The number of amides is 2. The van der Waals surface area contributed by atoms with Gasteiger partial charge in [0, 0.05) is 26.4 Å². The Bertz CT molecular complexity index is 260. The predicted molar refractivity (Wildman–Crippen MR) is 48.1 cm³/mol. The molecule has 5 heteroatoms. The fourth-order valence-electron chi connectivity index (χ4n) is 1.10. The van der Waals surface area contributed by atoms with E-state index in [1.165, 1.54) is 5.01 Å². The molecule has 1 N–H and O–H groups in total. The molecule has 5 nitrogen and oxygen atoms in total. The van der Waals surface area contributed by atoms with Gasteiger partial charge in [0.15, 0.2) is 0 Å².